The molecule has 3 unspecified atom stereocenters. The van der Waals surface area contributed by atoms with Gasteiger partial charge in [0.1, 0.15) is 11.5 Å². The number of rotatable bonds is 6. The second-order valence-corrected chi connectivity index (χ2v) is 12.8. The predicted molar refractivity (Wildman–Crippen MR) is 158 cm³/mol. The van der Waals surface area contributed by atoms with E-state index in [1.54, 1.807) is 27.3 Å². The minimum absolute atomic E-state index is 0.00880. The summed E-state index contributed by atoms with van der Waals surface area (Å²) in [5, 5.41) is 22.7. The number of primary amides is 1. The quantitative estimate of drug-likeness (QED) is 0.407. The number of hydrogen-bond acceptors (Lipinski definition) is 10. The number of likely N-dealkylation sites (tertiary alicyclic amines) is 1. The van der Waals surface area contributed by atoms with E-state index < -0.39 is 64.4 Å². The summed E-state index contributed by atoms with van der Waals surface area (Å²) in [7, 11) is 4.68. The van der Waals surface area contributed by atoms with Gasteiger partial charge in [0, 0.05) is 18.0 Å². The number of carbonyl (C=O) groups excluding carboxylic acids is 5. The van der Waals surface area contributed by atoms with Gasteiger partial charge >= 0.3 is 0 Å². The molecule has 2 saturated carbocycles. The first-order valence-corrected chi connectivity index (χ1v) is 15.0. The zero-order chi connectivity index (χ0) is 31.7. The molecule has 2 aromatic carbocycles. The smallest absolute Gasteiger partial charge is 0.235 e. The molecule has 6 rings (SSSR count). The van der Waals surface area contributed by atoms with Gasteiger partial charge < -0.3 is 20.7 Å². The SMILES string of the molecule is COc1ccc(CN2CCCC2)cc1-c1ccc(O)c2c1C[C@H]1C[C@H]3C(N(C)C)C(=O)C(C(N)=O)C(=O)[C@@]3(O)C(=O)C1C2=O. The number of phenolic OH excluding ortho intramolecular Hbond substituents is 1. The summed E-state index contributed by atoms with van der Waals surface area (Å²) >= 11 is 0. The zero-order valence-electron chi connectivity index (χ0n) is 25.0. The van der Waals surface area contributed by atoms with Crippen molar-refractivity contribution in [3.8, 4) is 22.6 Å². The number of carbonyl (C=O) groups is 5. The maximum atomic E-state index is 14.1. The lowest BCUT2D eigenvalue weighted by Crippen LogP contribution is -2.74. The summed E-state index contributed by atoms with van der Waals surface area (Å²) in [5.74, 6) is -10.1. The van der Waals surface area contributed by atoms with Gasteiger partial charge in [-0.1, -0.05) is 12.1 Å². The number of aliphatic hydroxyl groups is 1. The molecule has 1 saturated heterocycles. The van der Waals surface area contributed by atoms with E-state index >= 15 is 0 Å². The number of fused-ring (bicyclic) bond motifs is 3. The average Bonchev–Trinajstić information content (AvgIpc) is 3.48. The van der Waals surface area contributed by atoms with Crippen LogP contribution in [0, 0.1) is 23.7 Å². The fourth-order valence-corrected chi connectivity index (χ4v) is 8.12. The van der Waals surface area contributed by atoms with Crippen molar-refractivity contribution in [3.05, 3.63) is 47.0 Å². The number of benzene rings is 2. The molecule has 6 atom stereocenters. The Hall–Kier alpha value is -3.93. The average molecular weight is 604 g/mol. The van der Waals surface area contributed by atoms with Gasteiger partial charge in [-0.2, -0.15) is 0 Å². The molecule has 11 heteroatoms. The van der Waals surface area contributed by atoms with E-state index in [0.717, 1.165) is 43.6 Å². The van der Waals surface area contributed by atoms with Crippen LogP contribution in [0.1, 0.15) is 40.7 Å². The molecule has 0 spiro atoms. The zero-order valence-corrected chi connectivity index (χ0v) is 25.0. The summed E-state index contributed by atoms with van der Waals surface area (Å²) in [6.45, 7) is 2.80. The van der Waals surface area contributed by atoms with Gasteiger partial charge in [-0.05, 0) is 93.7 Å². The van der Waals surface area contributed by atoms with Crippen molar-refractivity contribution in [2.45, 2.75) is 43.9 Å². The molecule has 0 aromatic heterocycles. The number of aromatic hydroxyl groups is 1. The lowest BCUT2D eigenvalue weighted by atomic mass is 9.52. The van der Waals surface area contributed by atoms with E-state index in [9.17, 15) is 34.2 Å². The van der Waals surface area contributed by atoms with E-state index in [-0.39, 0.29) is 24.2 Å². The van der Waals surface area contributed by atoms with Crippen molar-refractivity contribution < 1.29 is 38.9 Å². The van der Waals surface area contributed by atoms with Crippen molar-refractivity contribution in [1.82, 2.24) is 9.80 Å². The van der Waals surface area contributed by atoms with E-state index in [1.165, 1.54) is 11.0 Å². The normalized spacial score (nSPS) is 30.2. The molecule has 1 heterocycles. The van der Waals surface area contributed by atoms with Gasteiger partial charge in [0.15, 0.2) is 34.7 Å². The number of likely N-dealkylation sites (N-methyl/N-ethyl adjacent to an activating group) is 1. The third kappa shape index (κ3) is 4.40. The van der Waals surface area contributed by atoms with E-state index in [0.29, 0.717) is 16.9 Å². The Bertz CT molecular complexity index is 1600. The van der Waals surface area contributed by atoms with Gasteiger partial charge in [-0.3, -0.25) is 33.8 Å². The molecule has 0 radical (unpaired) electrons. The van der Waals surface area contributed by atoms with Crippen LogP contribution in [0.15, 0.2) is 30.3 Å². The van der Waals surface area contributed by atoms with Crippen molar-refractivity contribution in [2.75, 3.05) is 34.3 Å². The number of Topliss-reactive ketones (excluding diaryl/α,β-unsaturated/α-hetero) is 4. The van der Waals surface area contributed by atoms with Crippen molar-refractivity contribution in [3.63, 3.8) is 0 Å². The fourth-order valence-electron chi connectivity index (χ4n) is 8.12. The predicted octanol–water partition coefficient (Wildman–Crippen LogP) is 1.14. The van der Waals surface area contributed by atoms with Crippen molar-refractivity contribution >= 4 is 29.0 Å². The second-order valence-electron chi connectivity index (χ2n) is 12.8. The Morgan fingerprint density at radius 2 is 1.77 bits per heavy atom. The highest BCUT2D eigenvalue weighted by Crippen LogP contribution is 2.52. The van der Waals surface area contributed by atoms with Crippen LogP contribution in [0.5, 0.6) is 11.5 Å². The molecule has 4 aliphatic rings. The van der Waals surface area contributed by atoms with Crippen molar-refractivity contribution in [2.24, 2.45) is 29.4 Å². The van der Waals surface area contributed by atoms with Gasteiger partial charge in [-0.25, -0.2) is 0 Å². The highest BCUT2D eigenvalue weighted by Gasteiger charge is 2.69. The minimum Gasteiger partial charge on any atom is -0.507 e. The van der Waals surface area contributed by atoms with Crippen LogP contribution in [0.2, 0.25) is 0 Å². The largest absolute Gasteiger partial charge is 0.507 e. The molecule has 44 heavy (non-hydrogen) atoms. The topological polar surface area (TPSA) is 168 Å². The molecule has 1 amide bonds. The van der Waals surface area contributed by atoms with E-state index in [4.69, 9.17) is 10.5 Å². The number of nitrogens with two attached hydrogens (primary N) is 1. The Labute approximate surface area is 254 Å². The van der Waals surface area contributed by atoms with Gasteiger partial charge in [0.05, 0.1) is 24.6 Å². The molecule has 0 bridgehead atoms. The van der Waals surface area contributed by atoms with Crippen LogP contribution in [-0.4, -0.2) is 95.0 Å². The van der Waals surface area contributed by atoms with Crippen LogP contribution in [-0.2, 0) is 32.1 Å². The molecular weight excluding hydrogens is 566 g/mol. The summed E-state index contributed by atoms with van der Waals surface area (Å²) in [5.41, 5.74) is 5.62. The molecule has 3 fully saturated rings. The number of ketones is 4. The van der Waals surface area contributed by atoms with Crippen LogP contribution in [0.3, 0.4) is 0 Å². The maximum absolute atomic E-state index is 14.1. The monoisotopic (exact) mass is 603 g/mol. The number of hydrogen-bond donors (Lipinski definition) is 3. The van der Waals surface area contributed by atoms with Gasteiger partial charge in [0.2, 0.25) is 5.91 Å². The number of ether oxygens (including phenoxy) is 1. The highest BCUT2D eigenvalue weighted by atomic mass is 16.5. The Morgan fingerprint density at radius 3 is 2.41 bits per heavy atom. The number of phenols is 1. The van der Waals surface area contributed by atoms with E-state index in [2.05, 4.69) is 4.90 Å². The first kappa shape index (κ1) is 30.1. The third-order valence-corrected chi connectivity index (χ3v) is 10.1. The lowest BCUT2D eigenvalue weighted by molar-refractivity contribution is -0.181. The molecule has 2 aromatic rings. The molecule has 232 valence electrons. The minimum atomic E-state index is -2.75. The second kappa shape index (κ2) is 10.9. The third-order valence-electron chi connectivity index (χ3n) is 10.1. The Kier molecular flexibility index (Phi) is 7.46. The van der Waals surface area contributed by atoms with Crippen LogP contribution in [0.4, 0.5) is 0 Å². The summed E-state index contributed by atoms with van der Waals surface area (Å²) in [6.07, 6.45) is 2.48. The number of methoxy groups -OCH3 is 1. The Balaban J connectivity index is 1.45. The number of nitrogens with zero attached hydrogens (tertiary/aromatic N) is 2. The van der Waals surface area contributed by atoms with Crippen LogP contribution in [0.25, 0.3) is 11.1 Å². The highest BCUT2D eigenvalue weighted by molar-refractivity contribution is 6.32. The molecule has 4 N–H and O–H groups in total. The molecular formula is C33H37N3O8. The maximum Gasteiger partial charge on any atom is 0.235 e. The summed E-state index contributed by atoms with van der Waals surface area (Å²) < 4.78 is 5.71. The first-order chi connectivity index (χ1) is 20.9. The number of amides is 1. The standard InChI is InChI=1S/C33H37N3O8/c1-35(2)27-21-14-17-13-20-18(19-12-16(6-9-23(19)44-3)15-36-10-4-5-11-36)7-8-22(37)25(20)28(38)24(17)30(40)33(21,43)31(41)26(29(27)39)32(34)42/h6-9,12,17,21,24,26-27,37,43H,4-5,10-11,13-15H2,1-3H3,(H2,34,42)/t17-,21-,24?,26?,27?,33-/m0/s1. The van der Waals surface area contributed by atoms with Gasteiger partial charge in [-0.15, -0.1) is 0 Å². The van der Waals surface area contributed by atoms with E-state index in [1.807, 2.05) is 18.2 Å². The molecule has 1 aliphatic heterocycles. The fraction of sp³-hybridized carbons (Fsp3) is 0.485. The van der Waals surface area contributed by atoms with Crippen LogP contribution >= 0.6 is 0 Å². The van der Waals surface area contributed by atoms with Crippen LogP contribution < -0.4 is 10.5 Å². The lowest BCUT2D eigenvalue weighted by Gasteiger charge is -2.52. The van der Waals surface area contributed by atoms with Crippen molar-refractivity contribution in [1.29, 1.82) is 0 Å². The molecule has 11 nitrogen and oxygen atoms in total. The summed E-state index contributed by atoms with van der Waals surface area (Å²) in [4.78, 5) is 71.1. The van der Waals surface area contributed by atoms with Gasteiger partial charge in [0.25, 0.3) is 0 Å². The molecule has 3 aliphatic carbocycles. The Morgan fingerprint density at radius 1 is 1.07 bits per heavy atom. The first-order valence-electron chi connectivity index (χ1n) is 15.0. The summed E-state index contributed by atoms with van der Waals surface area (Å²) in [6, 6.07) is 7.90.